The first-order valence-corrected chi connectivity index (χ1v) is 8.85. The monoisotopic (exact) mass is 304 g/mol. The first kappa shape index (κ1) is 14.8. The molecule has 3 rings (SSSR count). The van der Waals surface area contributed by atoms with Gasteiger partial charge in [0.1, 0.15) is 0 Å². The number of carbonyl (C=O) groups is 1. The number of rotatable bonds is 4. The normalized spacial score (nSPS) is 28.4. The SMILES string of the molecule is C/C(=N\NC(=O)c1csc(C(C)C)c1)[C@H]1C[C@H]2CC[C@@H]1C2. The summed E-state index contributed by atoms with van der Waals surface area (Å²) in [6.45, 7) is 6.36. The van der Waals surface area contributed by atoms with Gasteiger partial charge in [0.15, 0.2) is 0 Å². The number of hydrogen-bond donors (Lipinski definition) is 1. The molecule has 0 spiro atoms. The van der Waals surface area contributed by atoms with Crippen LogP contribution >= 0.6 is 11.3 Å². The van der Waals surface area contributed by atoms with Gasteiger partial charge in [0.05, 0.1) is 5.56 Å². The van der Waals surface area contributed by atoms with E-state index in [9.17, 15) is 4.79 Å². The Morgan fingerprint density at radius 2 is 2.19 bits per heavy atom. The standard InChI is InChI=1S/C17H24N2OS/c1-10(2)16-8-14(9-21-16)17(20)19-18-11(3)15-7-12-4-5-13(15)6-12/h8-10,12-13,15H,4-7H2,1-3H3,(H,19,20)/b18-11+/t12-,13+,15+/m0/s1. The summed E-state index contributed by atoms with van der Waals surface area (Å²) in [5, 5.41) is 6.30. The molecule has 21 heavy (non-hydrogen) atoms. The van der Waals surface area contributed by atoms with E-state index in [1.807, 2.05) is 11.4 Å². The third-order valence-electron chi connectivity index (χ3n) is 5.06. The molecule has 1 amide bonds. The lowest BCUT2D eigenvalue weighted by Gasteiger charge is -2.21. The summed E-state index contributed by atoms with van der Waals surface area (Å²) >= 11 is 1.65. The Kier molecular flexibility index (Phi) is 4.16. The molecule has 3 atom stereocenters. The van der Waals surface area contributed by atoms with Crippen molar-refractivity contribution in [3.05, 3.63) is 21.9 Å². The van der Waals surface area contributed by atoms with Gasteiger partial charge >= 0.3 is 0 Å². The number of nitrogens with one attached hydrogen (secondary N) is 1. The second-order valence-corrected chi connectivity index (χ2v) is 7.81. The summed E-state index contributed by atoms with van der Waals surface area (Å²) in [6.07, 6.45) is 5.38. The number of carbonyl (C=O) groups excluding carboxylic acids is 1. The van der Waals surface area contributed by atoms with Crippen LogP contribution in [0.4, 0.5) is 0 Å². The molecule has 0 aromatic carbocycles. The summed E-state index contributed by atoms with van der Waals surface area (Å²) in [6, 6.07) is 1.98. The van der Waals surface area contributed by atoms with Crippen LogP contribution in [0.15, 0.2) is 16.5 Å². The number of thiophene rings is 1. The van der Waals surface area contributed by atoms with Crippen molar-refractivity contribution in [1.82, 2.24) is 5.43 Å². The summed E-state index contributed by atoms with van der Waals surface area (Å²) in [7, 11) is 0. The predicted molar refractivity (Wildman–Crippen MR) is 87.9 cm³/mol. The van der Waals surface area contributed by atoms with Gasteiger partial charge in [-0.2, -0.15) is 5.10 Å². The highest BCUT2D eigenvalue weighted by molar-refractivity contribution is 7.10. The molecule has 0 saturated heterocycles. The number of hydrazone groups is 1. The Labute approximate surface area is 130 Å². The number of fused-ring (bicyclic) bond motifs is 2. The highest BCUT2D eigenvalue weighted by Crippen LogP contribution is 2.48. The van der Waals surface area contributed by atoms with Crippen LogP contribution in [0.3, 0.4) is 0 Å². The minimum Gasteiger partial charge on any atom is -0.267 e. The number of hydrogen-bond acceptors (Lipinski definition) is 3. The number of amides is 1. The average molecular weight is 304 g/mol. The molecule has 2 aliphatic carbocycles. The maximum Gasteiger partial charge on any atom is 0.272 e. The predicted octanol–water partition coefficient (Wildman–Crippen LogP) is 4.41. The molecule has 2 bridgehead atoms. The molecule has 2 fully saturated rings. The van der Waals surface area contributed by atoms with E-state index < -0.39 is 0 Å². The Bertz CT molecular complexity index is 561. The molecule has 2 saturated carbocycles. The van der Waals surface area contributed by atoms with Gasteiger partial charge in [0.25, 0.3) is 5.91 Å². The zero-order valence-corrected chi connectivity index (χ0v) is 13.9. The van der Waals surface area contributed by atoms with Gasteiger partial charge in [-0.1, -0.05) is 20.3 Å². The minimum absolute atomic E-state index is 0.0827. The molecule has 114 valence electrons. The summed E-state index contributed by atoms with van der Waals surface area (Å²) in [5.41, 5.74) is 4.58. The van der Waals surface area contributed by atoms with Crippen LogP contribution in [-0.2, 0) is 0 Å². The molecule has 3 nitrogen and oxygen atoms in total. The zero-order valence-electron chi connectivity index (χ0n) is 13.1. The van der Waals surface area contributed by atoms with E-state index in [0.717, 1.165) is 23.1 Å². The van der Waals surface area contributed by atoms with E-state index in [1.165, 1.54) is 30.6 Å². The van der Waals surface area contributed by atoms with E-state index in [2.05, 4.69) is 31.3 Å². The first-order chi connectivity index (χ1) is 10.0. The molecular formula is C17H24N2OS. The molecule has 0 radical (unpaired) electrons. The van der Waals surface area contributed by atoms with Crippen LogP contribution in [-0.4, -0.2) is 11.6 Å². The smallest absolute Gasteiger partial charge is 0.267 e. The number of nitrogens with zero attached hydrogens (tertiary/aromatic N) is 1. The van der Waals surface area contributed by atoms with Crippen LogP contribution in [0.25, 0.3) is 0 Å². The Morgan fingerprint density at radius 1 is 1.38 bits per heavy atom. The average Bonchev–Trinajstić information content (AvgIpc) is 3.18. The lowest BCUT2D eigenvalue weighted by Crippen LogP contribution is -2.24. The summed E-state index contributed by atoms with van der Waals surface area (Å²) < 4.78 is 0. The molecule has 1 heterocycles. The topological polar surface area (TPSA) is 41.5 Å². The van der Waals surface area contributed by atoms with Crippen LogP contribution in [0.5, 0.6) is 0 Å². The van der Waals surface area contributed by atoms with Crippen LogP contribution in [0, 0.1) is 17.8 Å². The van der Waals surface area contributed by atoms with Crippen molar-refractivity contribution >= 4 is 23.0 Å². The lowest BCUT2D eigenvalue weighted by molar-refractivity contribution is 0.0955. The highest BCUT2D eigenvalue weighted by atomic mass is 32.1. The van der Waals surface area contributed by atoms with Gasteiger partial charge in [-0.05, 0) is 50.0 Å². The van der Waals surface area contributed by atoms with Crippen molar-refractivity contribution in [1.29, 1.82) is 0 Å². The van der Waals surface area contributed by atoms with Gasteiger partial charge in [0, 0.05) is 21.9 Å². The van der Waals surface area contributed by atoms with Crippen molar-refractivity contribution < 1.29 is 4.79 Å². The van der Waals surface area contributed by atoms with Crippen molar-refractivity contribution in [2.45, 2.75) is 52.4 Å². The van der Waals surface area contributed by atoms with Crippen molar-refractivity contribution in [2.75, 3.05) is 0 Å². The fourth-order valence-electron chi connectivity index (χ4n) is 3.82. The molecule has 2 aliphatic rings. The molecule has 4 heteroatoms. The fourth-order valence-corrected chi connectivity index (χ4v) is 4.72. The van der Waals surface area contributed by atoms with Gasteiger partial charge < -0.3 is 0 Å². The maximum absolute atomic E-state index is 12.1. The van der Waals surface area contributed by atoms with Crippen molar-refractivity contribution in [2.24, 2.45) is 22.9 Å². The van der Waals surface area contributed by atoms with Gasteiger partial charge in [-0.25, -0.2) is 5.43 Å². The second-order valence-electron chi connectivity index (χ2n) is 6.87. The van der Waals surface area contributed by atoms with E-state index >= 15 is 0 Å². The van der Waals surface area contributed by atoms with E-state index in [-0.39, 0.29) is 5.91 Å². The molecular weight excluding hydrogens is 280 g/mol. The third kappa shape index (κ3) is 3.05. The zero-order chi connectivity index (χ0) is 15.0. The Hall–Kier alpha value is -1.16. The van der Waals surface area contributed by atoms with E-state index in [0.29, 0.717) is 11.8 Å². The Balaban J connectivity index is 1.60. The lowest BCUT2D eigenvalue weighted by atomic mass is 9.86. The summed E-state index contributed by atoms with van der Waals surface area (Å²) in [5.74, 6) is 2.70. The molecule has 1 aromatic heterocycles. The third-order valence-corrected chi connectivity index (χ3v) is 6.29. The van der Waals surface area contributed by atoms with Gasteiger partial charge in [-0.15, -0.1) is 11.3 Å². The second kappa shape index (κ2) is 5.91. The molecule has 0 unspecified atom stereocenters. The molecule has 1 N–H and O–H groups in total. The first-order valence-electron chi connectivity index (χ1n) is 7.97. The van der Waals surface area contributed by atoms with Crippen LogP contribution < -0.4 is 5.43 Å². The van der Waals surface area contributed by atoms with Crippen molar-refractivity contribution in [3.8, 4) is 0 Å². The molecule has 1 aromatic rings. The maximum atomic E-state index is 12.1. The molecule has 0 aliphatic heterocycles. The Morgan fingerprint density at radius 3 is 2.76 bits per heavy atom. The van der Waals surface area contributed by atoms with Crippen molar-refractivity contribution in [3.63, 3.8) is 0 Å². The minimum atomic E-state index is -0.0827. The summed E-state index contributed by atoms with van der Waals surface area (Å²) in [4.78, 5) is 13.4. The quantitative estimate of drug-likeness (QED) is 0.649. The van der Waals surface area contributed by atoms with E-state index in [1.54, 1.807) is 11.3 Å². The highest BCUT2D eigenvalue weighted by Gasteiger charge is 2.40. The van der Waals surface area contributed by atoms with Crippen LogP contribution in [0.2, 0.25) is 0 Å². The fraction of sp³-hybridized carbons (Fsp3) is 0.647. The van der Waals surface area contributed by atoms with Gasteiger partial charge in [0.2, 0.25) is 0 Å². The van der Waals surface area contributed by atoms with E-state index in [4.69, 9.17) is 0 Å². The van der Waals surface area contributed by atoms with Crippen LogP contribution in [0.1, 0.15) is 67.6 Å². The van der Waals surface area contributed by atoms with Gasteiger partial charge in [-0.3, -0.25) is 4.79 Å². The largest absolute Gasteiger partial charge is 0.272 e.